The van der Waals surface area contributed by atoms with Crippen molar-refractivity contribution < 1.29 is 9.47 Å². The first-order valence-electron chi connectivity index (χ1n) is 4.19. The molecule has 0 unspecified atom stereocenters. The van der Waals surface area contributed by atoms with Crippen molar-refractivity contribution in [1.29, 1.82) is 0 Å². The third kappa shape index (κ3) is 2.29. The van der Waals surface area contributed by atoms with E-state index in [0.29, 0.717) is 0 Å². The number of rotatable bonds is 4. The first-order chi connectivity index (χ1) is 6.72. The maximum Gasteiger partial charge on any atom is 0.130 e. The van der Waals surface area contributed by atoms with Crippen LogP contribution in [0.1, 0.15) is 5.56 Å². The lowest BCUT2D eigenvalue weighted by Crippen LogP contribution is -1.93. The smallest absolute Gasteiger partial charge is 0.130 e. The Labute approximate surface area is 92.7 Å². The number of ether oxygens (including phenoxy) is 2. The summed E-state index contributed by atoms with van der Waals surface area (Å²) < 4.78 is 10.4. The molecule has 0 aromatic heterocycles. The summed E-state index contributed by atoms with van der Waals surface area (Å²) in [6.45, 7) is 3.94. The SMILES string of the molecule is C=C(CBr)c1ccc(OC)cc1OC. The van der Waals surface area contributed by atoms with Crippen LogP contribution in [0.25, 0.3) is 5.57 Å². The molecule has 14 heavy (non-hydrogen) atoms. The molecule has 0 atom stereocenters. The maximum absolute atomic E-state index is 5.25. The fourth-order valence-electron chi connectivity index (χ4n) is 1.16. The second kappa shape index (κ2) is 5.05. The van der Waals surface area contributed by atoms with Crippen molar-refractivity contribution in [3.8, 4) is 11.5 Å². The summed E-state index contributed by atoms with van der Waals surface area (Å²) >= 11 is 3.36. The Hall–Kier alpha value is -0.960. The van der Waals surface area contributed by atoms with Gasteiger partial charge in [-0.05, 0) is 17.7 Å². The first kappa shape index (κ1) is 11.1. The largest absolute Gasteiger partial charge is 0.497 e. The van der Waals surface area contributed by atoms with Crippen molar-refractivity contribution in [2.45, 2.75) is 0 Å². The van der Waals surface area contributed by atoms with Crippen LogP contribution in [0.4, 0.5) is 0 Å². The van der Waals surface area contributed by atoms with Crippen LogP contribution >= 0.6 is 15.9 Å². The standard InChI is InChI=1S/C11H13BrO2/c1-8(7-12)10-5-4-9(13-2)6-11(10)14-3/h4-6H,1,7H2,2-3H3. The molecule has 2 nitrogen and oxygen atoms in total. The zero-order valence-electron chi connectivity index (χ0n) is 8.34. The molecule has 1 rings (SSSR count). The van der Waals surface area contributed by atoms with Crippen LogP contribution < -0.4 is 9.47 Å². The molecule has 0 saturated carbocycles. The number of hydrogen-bond donors (Lipinski definition) is 0. The lowest BCUT2D eigenvalue weighted by atomic mass is 10.1. The zero-order valence-corrected chi connectivity index (χ0v) is 9.93. The Kier molecular flexibility index (Phi) is 4.01. The van der Waals surface area contributed by atoms with E-state index < -0.39 is 0 Å². The summed E-state index contributed by atoms with van der Waals surface area (Å²) in [6.07, 6.45) is 0. The Morgan fingerprint density at radius 2 is 2.07 bits per heavy atom. The van der Waals surface area contributed by atoms with Gasteiger partial charge in [0, 0.05) is 17.0 Å². The van der Waals surface area contributed by atoms with Gasteiger partial charge in [0.05, 0.1) is 14.2 Å². The summed E-state index contributed by atoms with van der Waals surface area (Å²) in [5.74, 6) is 1.57. The van der Waals surface area contributed by atoms with Crippen molar-refractivity contribution in [3.05, 3.63) is 30.3 Å². The molecular formula is C11H13BrO2. The number of methoxy groups -OCH3 is 2. The maximum atomic E-state index is 5.25. The molecule has 3 heteroatoms. The minimum absolute atomic E-state index is 0.732. The van der Waals surface area contributed by atoms with Gasteiger partial charge in [0.15, 0.2) is 0 Å². The van der Waals surface area contributed by atoms with Gasteiger partial charge in [-0.2, -0.15) is 0 Å². The van der Waals surface area contributed by atoms with Crippen molar-refractivity contribution >= 4 is 21.5 Å². The van der Waals surface area contributed by atoms with Gasteiger partial charge in [-0.15, -0.1) is 0 Å². The third-order valence-electron chi connectivity index (χ3n) is 1.95. The minimum Gasteiger partial charge on any atom is -0.497 e. The third-order valence-corrected chi connectivity index (χ3v) is 2.63. The normalized spacial score (nSPS) is 9.64. The summed E-state index contributed by atoms with van der Waals surface area (Å²) in [7, 11) is 3.27. The Balaban J connectivity index is 3.11. The molecule has 0 radical (unpaired) electrons. The highest BCUT2D eigenvalue weighted by Crippen LogP contribution is 2.29. The molecule has 0 aliphatic carbocycles. The van der Waals surface area contributed by atoms with E-state index >= 15 is 0 Å². The highest BCUT2D eigenvalue weighted by atomic mass is 79.9. The number of halogens is 1. The average molecular weight is 257 g/mol. The highest BCUT2D eigenvalue weighted by Gasteiger charge is 2.06. The number of hydrogen-bond acceptors (Lipinski definition) is 2. The van der Waals surface area contributed by atoms with Gasteiger partial charge >= 0.3 is 0 Å². The van der Waals surface area contributed by atoms with Crippen LogP contribution in [0.2, 0.25) is 0 Å². The molecule has 0 N–H and O–H groups in total. The second-order valence-corrected chi connectivity index (χ2v) is 3.36. The fourth-order valence-corrected chi connectivity index (χ4v) is 1.46. The van der Waals surface area contributed by atoms with Gasteiger partial charge in [0.25, 0.3) is 0 Å². The van der Waals surface area contributed by atoms with Crippen LogP contribution in [-0.2, 0) is 0 Å². The molecule has 0 saturated heterocycles. The molecular weight excluding hydrogens is 244 g/mol. The molecule has 1 aromatic rings. The van der Waals surface area contributed by atoms with Gasteiger partial charge < -0.3 is 9.47 Å². The van der Waals surface area contributed by atoms with E-state index in [1.165, 1.54) is 0 Å². The molecule has 0 heterocycles. The molecule has 0 spiro atoms. The van der Waals surface area contributed by atoms with Gasteiger partial charge in [0.2, 0.25) is 0 Å². The van der Waals surface area contributed by atoms with Crippen molar-refractivity contribution in [1.82, 2.24) is 0 Å². The number of allylic oxidation sites excluding steroid dienone is 1. The molecule has 1 aromatic carbocycles. The van der Waals surface area contributed by atoms with Crippen LogP contribution in [-0.4, -0.2) is 19.5 Å². The summed E-state index contributed by atoms with van der Waals surface area (Å²) in [6, 6.07) is 5.69. The number of alkyl halides is 1. The van der Waals surface area contributed by atoms with E-state index in [0.717, 1.165) is 28.0 Å². The van der Waals surface area contributed by atoms with E-state index in [-0.39, 0.29) is 0 Å². The summed E-state index contributed by atoms with van der Waals surface area (Å²) in [4.78, 5) is 0. The van der Waals surface area contributed by atoms with Crippen LogP contribution in [0, 0.1) is 0 Å². The molecule has 0 amide bonds. The quantitative estimate of drug-likeness (QED) is 0.771. The van der Waals surface area contributed by atoms with E-state index in [9.17, 15) is 0 Å². The molecule has 0 aliphatic heterocycles. The number of benzene rings is 1. The van der Waals surface area contributed by atoms with E-state index in [2.05, 4.69) is 22.5 Å². The van der Waals surface area contributed by atoms with Crippen LogP contribution in [0.5, 0.6) is 11.5 Å². The highest BCUT2D eigenvalue weighted by molar-refractivity contribution is 9.09. The Morgan fingerprint density at radius 1 is 1.36 bits per heavy atom. The predicted molar refractivity (Wildman–Crippen MR) is 62.4 cm³/mol. The molecule has 76 valence electrons. The lowest BCUT2D eigenvalue weighted by molar-refractivity contribution is 0.393. The van der Waals surface area contributed by atoms with E-state index in [1.807, 2.05) is 18.2 Å². The van der Waals surface area contributed by atoms with Gasteiger partial charge in [-0.1, -0.05) is 22.5 Å². The minimum atomic E-state index is 0.732. The topological polar surface area (TPSA) is 18.5 Å². The van der Waals surface area contributed by atoms with Gasteiger partial charge in [-0.3, -0.25) is 0 Å². The van der Waals surface area contributed by atoms with Crippen molar-refractivity contribution in [2.24, 2.45) is 0 Å². The molecule has 0 aliphatic rings. The van der Waals surface area contributed by atoms with E-state index in [4.69, 9.17) is 9.47 Å². The first-order valence-corrected chi connectivity index (χ1v) is 5.31. The van der Waals surface area contributed by atoms with Gasteiger partial charge in [-0.25, -0.2) is 0 Å². The second-order valence-electron chi connectivity index (χ2n) is 2.80. The monoisotopic (exact) mass is 256 g/mol. The fraction of sp³-hybridized carbons (Fsp3) is 0.273. The van der Waals surface area contributed by atoms with Crippen LogP contribution in [0.3, 0.4) is 0 Å². The average Bonchev–Trinajstić information content (AvgIpc) is 2.27. The summed E-state index contributed by atoms with van der Waals surface area (Å²) in [5.41, 5.74) is 2.00. The Morgan fingerprint density at radius 3 is 2.57 bits per heavy atom. The molecule has 0 fully saturated rings. The lowest BCUT2D eigenvalue weighted by Gasteiger charge is -2.10. The summed E-state index contributed by atoms with van der Waals surface area (Å²) in [5, 5.41) is 0.732. The predicted octanol–water partition coefficient (Wildman–Crippen LogP) is 3.11. The van der Waals surface area contributed by atoms with Gasteiger partial charge in [0.1, 0.15) is 11.5 Å². The Bertz CT molecular complexity index is 334. The van der Waals surface area contributed by atoms with Crippen LogP contribution in [0.15, 0.2) is 24.8 Å². The van der Waals surface area contributed by atoms with Crippen molar-refractivity contribution in [2.75, 3.05) is 19.5 Å². The van der Waals surface area contributed by atoms with E-state index in [1.54, 1.807) is 14.2 Å². The zero-order chi connectivity index (χ0) is 10.6. The van der Waals surface area contributed by atoms with Crippen molar-refractivity contribution in [3.63, 3.8) is 0 Å². The molecule has 0 bridgehead atoms.